The molecule has 1 aromatic carbocycles. The highest BCUT2D eigenvalue weighted by atomic mass is 79.9. The van der Waals surface area contributed by atoms with Crippen LogP contribution in [0.2, 0.25) is 0 Å². The third-order valence-corrected chi connectivity index (χ3v) is 4.04. The average Bonchev–Trinajstić information content (AvgIpc) is 2.34. The quantitative estimate of drug-likeness (QED) is 0.748. The van der Waals surface area contributed by atoms with E-state index in [0.29, 0.717) is 14.6 Å². The molecule has 0 atom stereocenters. The maximum absolute atomic E-state index is 13.1. The summed E-state index contributed by atoms with van der Waals surface area (Å²) in [7, 11) is 0. The molecule has 0 radical (unpaired) electrons. The fourth-order valence-electron chi connectivity index (χ4n) is 1.65. The van der Waals surface area contributed by atoms with Crippen LogP contribution in [0, 0.1) is 6.92 Å². The van der Waals surface area contributed by atoms with Gasteiger partial charge in [0.1, 0.15) is 5.82 Å². The lowest BCUT2D eigenvalue weighted by Gasteiger charge is -2.13. The van der Waals surface area contributed by atoms with E-state index < -0.39 is 11.7 Å². The van der Waals surface area contributed by atoms with Crippen molar-refractivity contribution in [2.45, 2.75) is 13.1 Å². The van der Waals surface area contributed by atoms with Gasteiger partial charge in [-0.2, -0.15) is 13.2 Å². The number of hydrogen-bond donors (Lipinski definition) is 1. The standard InChI is InChI=1S/C12H8Br2F3N3/c1-5-9(14)10(18)20-11(19-5)7-3-2-6(13)4-8(7)12(15,16)17/h2-4H,1H3,(H2,18,19,20). The Balaban J connectivity index is 2.70. The van der Waals surface area contributed by atoms with Gasteiger partial charge in [0, 0.05) is 10.0 Å². The first-order chi connectivity index (χ1) is 9.20. The van der Waals surface area contributed by atoms with Gasteiger partial charge in [0.2, 0.25) is 0 Å². The van der Waals surface area contributed by atoms with Crippen LogP contribution >= 0.6 is 31.9 Å². The van der Waals surface area contributed by atoms with Crippen LogP contribution in [-0.2, 0) is 6.18 Å². The average molecular weight is 411 g/mol. The molecule has 0 aliphatic rings. The van der Waals surface area contributed by atoms with Crippen molar-refractivity contribution in [1.82, 2.24) is 9.97 Å². The molecular formula is C12H8Br2F3N3. The molecule has 2 rings (SSSR count). The number of nitrogens with zero attached hydrogens (tertiary/aromatic N) is 2. The van der Waals surface area contributed by atoms with Crippen LogP contribution in [0.4, 0.5) is 19.0 Å². The maximum atomic E-state index is 13.1. The highest BCUT2D eigenvalue weighted by Gasteiger charge is 2.34. The van der Waals surface area contributed by atoms with Gasteiger partial charge in [0.25, 0.3) is 0 Å². The number of hydrogen-bond acceptors (Lipinski definition) is 3. The zero-order valence-electron chi connectivity index (χ0n) is 10.1. The molecule has 0 aliphatic heterocycles. The van der Waals surface area contributed by atoms with E-state index in [-0.39, 0.29) is 17.2 Å². The molecule has 20 heavy (non-hydrogen) atoms. The predicted octanol–water partition coefficient (Wildman–Crippen LogP) is 4.58. The second-order valence-electron chi connectivity index (χ2n) is 4.02. The molecule has 1 heterocycles. The van der Waals surface area contributed by atoms with Gasteiger partial charge < -0.3 is 5.73 Å². The molecule has 0 saturated heterocycles. The fourth-order valence-corrected chi connectivity index (χ4v) is 2.19. The van der Waals surface area contributed by atoms with Gasteiger partial charge in [-0.1, -0.05) is 15.9 Å². The molecule has 106 valence electrons. The molecule has 8 heteroatoms. The number of benzene rings is 1. The zero-order chi connectivity index (χ0) is 15.1. The number of aryl methyl sites for hydroxylation is 1. The lowest BCUT2D eigenvalue weighted by atomic mass is 10.1. The minimum Gasteiger partial charge on any atom is -0.383 e. The van der Waals surface area contributed by atoms with Gasteiger partial charge in [-0.3, -0.25) is 0 Å². The first kappa shape index (κ1) is 15.2. The number of nitrogens with two attached hydrogens (primary N) is 1. The predicted molar refractivity (Wildman–Crippen MR) is 77.0 cm³/mol. The molecule has 0 amide bonds. The van der Waals surface area contributed by atoms with E-state index in [4.69, 9.17) is 5.73 Å². The first-order valence-corrected chi connectivity index (χ1v) is 6.95. The van der Waals surface area contributed by atoms with Crippen LogP contribution in [0.1, 0.15) is 11.3 Å². The van der Waals surface area contributed by atoms with Crippen LogP contribution in [0.25, 0.3) is 11.4 Å². The van der Waals surface area contributed by atoms with E-state index >= 15 is 0 Å². The van der Waals surface area contributed by atoms with Crippen molar-refractivity contribution in [1.29, 1.82) is 0 Å². The van der Waals surface area contributed by atoms with E-state index in [1.807, 2.05) is 0 Å². The van der Waals surface area contributed by atoms with Gasteiger partial charge in [0.15, 0.2) is 5.82 Å². The third-order valence-electron chi connectivity index (χ3n) is 2.57. The Kier molecular flexibility index (Phi) is 4.06. The van der Waals surface area contributed by atoms with Crippen molar-refractivity contribution in [3.8, 4) is 11.4 Å². The molecule has 3 nitrogen and oxygen atoms in total. The number of aromatic nitrogens is 2. The van der Waals surface area contributed by atoms with Crippen LogP contribution < -0.4 is 5.73 Å². The van der Waals surface area contributed by atoms with Crippen LogP contribution in [0.3, 0.4) is 0 Å². The molecule has 1 aromatic heterocycles. The number of halogens is 5. The first-order valence-electron chi connectivity index (χ1n) is 5.37. The van der Waals surface area contributed by atoms with E-state index in [2.05, 4.69) is 41.8 Å². The van der Waals surface area contributed by atoms with Crippen LogP contribution in [0.5, 0.6) is 0 Å². The summed E-state index contributed by atoms with van der Waals surface area (Å²) in [6, 6.07) is 3.81. The van der Waals surface area contributed by atoms with Crippen molar-refractivity contribution >= 4 is 37.7 Å². The van der Waals surface area contributed by atoms with Crippen molar-refractivity contribution in [2.24, 2.45) is 0 Å². The number of rotatable bonds is 1. The van der Waals surface area contributed by atoms with Gasteiger partial charge in [-0.25, -0.2) is 9.97 Å². The fraction of sp³-hybridized carbons (Fsp3) is 0.167. The minimum absolute atomic E-state index is 0.0528. The largest absolute Gasteiger partial charge is 0.417 e. The highest BCUT2D eigenvalue weighted by Crippen LogP contribution is 2.38. The van der Waals surface area contributed by atoms with E-state index in [0.717, 1.165) is 6.07 Å². The maximum Gasteiger partial charge on any atom is 0.417 e. The zero-order valence-corrected chi connectivity index (χ0v) is 13.3. The normalized spacial score (nSPS) is 11.7. The highest BCUT2D eigenvalue weighted by molar-refractivity contribution is 9.10. The van der Waals surface area contributed by atoms with Gasteiger partial charge in [0.05, 0.1) is 15.7 Å². The van der Waals surface area contributed by atoms with E-state index in [9.17, 15) is 13.2 Å². The number of nitrogen functional groups attached to an aromatic ring is 1. The SMILES string of the molecule is Cc1nc(-c2ccc(Br)cc2C(F)(F)F)nc(N)c1Br. The third kappa shape index (κ3) is 2.95. The molecule has 2 aromatic rings. The van der Waals surface area contributed by atoms with Crippen molar-refractivity contribution < 1.29 is 13.2 Å². The second kappa shape index (κ2) is 5.33. The van der Waals surface area contributed by atoms with Gasteiger partial charge in [-0.15, -0.1) is 0 Å². The summed E-state index contributed by atoms with van der Waals surface area (Å²) in [5.74, 6) is 0.0477. The molecule has 0 unspecified atom stereocenters. The van der Waals surface area contributed by atoms with Gasteiger partial charge >= 0.3 is 6.18 Å². The lowest BCUT2D eigenvalue weighted by molar-refractivity contribution is -0.137. The summed E-state index contributed by atoms with van der Waals surface area (Å²) in [5.41, 5.74) is 5.21. The molecule has 0 fully saturated rings. The molecular weight excluding hydrogens is 403 g/mol. The monoisotopic (exact) mass is 409 g/mol. The van der Waals surface area contributed by atoms with Crippen LogP contribution in [-0.4, -0.2) is 9.97 Å². The number of alkyl halides is 3. The van der Waals surface area contributed by atoms with Crippen LogP contribution in [0.15, 0.2) is 27.1 Å². The molecule has 2 N–H and O–H groups in total. The smallest absolute Gasteiger partial charge is 0.383 e. The lowest BCUT2D eigenvalue weighted by Crippen LogP contribution is -2.09. The Morgan fingerprint density at radius 1 is 1.15 bits per heavy atom. The van der Waals surface area contributed by atoms with Crippen molar-refractivity contribution in [3.63, 3.8) is 0 Å². The Labute approximate surface area is 129 Å². The second-order valence-corrected chi connectivity index (χ2v) is 5.73. The summed E-state index contributed by atoms with van der Waals surface area (Å²) in [4.78, 5) is 7.97. The molecule has 0 saturated carbocycles. The molecule has 0 bridgehead atoms. The van der Waals surface area contributed by atoms with Gasteiger partial charge in [-0.05, 0) is 41.1 Å². The summed E-state index contributed by atoms with van der Waals surface area (Å²) in [6.45, 7) is 1.64. The summed E-state index contributed by atoms with van der Waals surface area (Å²) in [6.07, 6.45) is -4.50. The Morgan fingerprint density at radius 2 is 1.80 bits per heavy atom. The molecule has 0 spiro atoms. The van der Waals surface area contributed by atoms with Crippen molar-refractivity contribution in [2.75, 3.05) is 5.73 Å². The summed E-state index contributed by atoms with van der Waals surface area (Å²) < 4.78 is 40.0. The van der Waals surface area contributed by atoms with E-state index in [1.54, 1.807) is 6.92 Å². The summed E-state index contributed by atoms with van der Waals surface area (Å²) >= 11 is 6.20. The number of anilines is 1. The van der Waals surface area contributed by atoms with E-state index in [1.165, 1.54) is 12.1 Å². The Hall–Kier alpha value is -1.15. The Morgan fingerprint density at radius 3 is 2.35 bits per heavy atom. The van der Waals surface area contributed by atoms with Crippen molar-refractivity contribution in [3.05, 3.63) is 38.4 Å². The molecule has 0 aliphatic carbocycles. The summed E-state index contributed by atoms with van der Waals surface area (Å²) in [5, 5.41) is 0. The Bertz CT molecular complexity index is 648. The topological polar surface area (TPSA) is 51.8 Å². The minimum atomic E-state index is -4.50.